The van der Waals surface area contributed by atoms with E-state index in [-0.39, 0.29) is 18.4 Å². The fourth-order valence-electron chi connectivity index (χ4n) is 1.37. The molecule has 0 heterocycles. The van der Waals surface area contributed by atoms with E-state index in [0.717, 1.165) is 6.07 Å². The Morgan fingerprint density at radius 1 is 1.44 bits per heavy atom. The van der Waals surface area contributed by atoms with E-state index in [1.54, 1.807) is 7.11 Å². The van der Waals surface area contributed by atoms with E-state index < -0.39 is 5.82 Å². The second-order valence-corrected chi connectivity index (χ2v) is 3.53. The summed E-state index contributed by atoms with van der Waals surface area (Å²) >= 11 is 0. The Hall–Kier alpha value is -1.17. The number of nitrogens with one attached hydrogen (secondary N) is 1. The fraction of sp³-hybridized carbons (Fsp3) is 0.455. The standard InChI is InChI=1S/C11H16FNO3/c1-16-7-10(6-14)13-5-8-2-9(12)4-11(15)3-8/h2-4,10,13-15H,5-7H2,1H3. The summed E-state index contributed by atoms with van der Waals surface area (Å²) in [4.78, 5) is 0. The lowest BCUT2D eigenvalue weighted by Crippen LogP contribution is -2.35. The number of aliphatic hydroxyl groups is 1. The number of hydrogen-bond acceptors (Lipinski definition) is 4. The Kier molecular flexibility index (Phi) is 5.18. The highest BCUT2D eigenvalue weighted by Gasteiger charge is 2.06. The molecule has 3 N–H and O–H groups in total. The molecule has 0 aliphatic heterocycles. The van der Waals surface area contributed by atoms with Gasteiger partial charge in [0.1, 0.15) is 11.6 Å². The summed E-state index contributed by atoms with van der Waals surface area (Å²) in [6.45, 7) is 0.673. The van der Waals surface area contributed by atoms with E-state index in [4.69, 9.17) is 9.84 Å². The maximum absolute atomic E-state index is 12.9. The molecule has 1 aromatic carbocycles. The van der Waals surface area contributed by atoms with Gasteiger partial charge in [0.25, 0.3) is 0 Å². The van der Waals surface area contributed by atoms with Gasteiger partial charge in [-0.05, 0) is 17.7 Å². The molecule has 4 nitrogen and oxygen atoms in total. The third-order valence-electron chi connectivity index (χ3n) is 2.13. The van der Waals surface area contributed by atoms with E-state index in [2.05, 4.69) is 5.32 Å². The van der Waals surface area contributed by atoms with Gasteiger partial charge in [-0.15, -0.1) is 0 Å². The molecule has 0 radical (unpaired) electrons. The molecule has 0 aromatic heterocycles. The molecule has 90 valence electrons. The Labute approximate surface area is 93.7 Å². The van der Waals surface area contributed by atoms with Gasteiger partial charge in [-0.3, -0.25) is 0 Å². The van der Waals surface area contributed by atoms with E-state index in [1.807, 2.05) is 0 Å². The van der Waals surface area contributed by atoms with Crippen molar-refractivity contribution >= 4 is 0 Å². The van der Waals surface area contributed by atoms with Crippen LogP contribution in [0.1, 0.15) is 5.56 Å². The molecule has 0 saturated carbocycles. The molecule has 0 aliphatic carbocycles. The number of ether oxygens (including phenoxy) is 1. The van der Waals surface area contributed by atoms with Crippen LogP contribution in [0.2, 0.25) is 0 Å². The maximum atomic E-state index is 12.9. The van der Waals surface area contributed by atoms with E-state index in [0.29, 0.717) is 18.7 Å². The van der Waals surface area contributed by atoms with Gasteiger partial charge in [0.05, 0.1) is 19.3 Å². The maximum Gasteiger partial charge on any atom is 0.127 e. The number of phenolic OH excluding ortho intramolecular Hbond substituents is 1. The molecular weight excluding hydrogens is 213 g/mol. The minimum atomic E-state index is -0.482. The van der Waals surface area contributed by atoms with Gasteiger partial charge < -0.3 is 20.3 Å². The third kappa shape index (κ3) is 4.14. The quantitative estimate of drug-likeness (QED) is 0.669. The number of aromatic hydroxyl groups is 1. The molecule has 1 unspecified atom stereocenters. The second-order valence-electron chi connectivity index (χ2n) is 3.53. The predicted octanol–water partition coefficient (Wildman–Crippen LogP) is 0.628. The zero-order chi connectivity index (χ0) is 12.0. The van der Waals surface area contributed by atoms with Gasteiger partial charge in [0, 0.05) is 19.7 Å². The number of benzene rings is 1. The van der Waals surface area contributed by atoms with E-state index in [1.165, 1.54) is 12.1 Å². The summed E-state index contributed by atoms with van der Waals surface area (Å²) in [7, 11) is 1.54. The average Bonchev–Trinajstić information content (AvgIpc) is 2.23. The number of hydrogen-bond donors (Lipinski definition) is 3. The molecule has 16 heavy (non-hydrogen) atoms. The molecule has 0 fully saturated rings. The number of rotatable bonds is 6. The number of phenols is 1. The van der Waals surface area contributed by atoms with Gasteiger partial charge in [-0.25, -0.2) is 4.39 Å². The molecule has 1 atom stereocenters. The molecule has 0 saturated heterocycles. The van der Waals surface area contributed by atoms with Crippen molar-refractivity contribution < 1.29 is 19.3 Å². The minimum Gasteiger partial charge on any atom is -0.508 e. The minimum absolute atomic E-state index is 0.0604. The SMILES string of the molecule is COCC(CO)NCc1cc(O)cc(F)c1. The highest BCUT2D eigenvalue weighted by atomic mass is 19.1. The lowest BCUT2D eigenvalue weighted by molar-refractivity contribution is 0.128. The average molecular weight is 229 g/mol. The van der Waals surface area contributed by atoms with Crippen LogP contribution >= 0.6 is 0 Å². The Morgan fingerprint density at radius 3 is 2.75 bits per heavy atom. The van der Waals surface area contributed by atoms with Crippen LogP contribution in [0.4, 0.5) is 4.39 Å². The van der Waals surface area contributed by atoms with Gasteiger partial charge in [-0.2, -0.15) is 0 Å². The van der Waals surface area contributed by atoms with Crippen molar-refractivity contribution in [1.29, 1.82) is 0 Å². The van der Waals surface area contributed by atoms with Gasteiger partial charge in [-0.1, -0.05) is 0 Å². The van der Waals surface area contributed by atoms with Crippen LogP contribution in [0, 0.1) is 5.82 Å². The van der Waals surface area contributed by atoms with Gasteiger partial charge in [0.2, 0.25) is 0 Å². The highest BCUT2D eigenvalue weighted by Crippen LogP contribution is 2.14. The molecule has 0 spiro atoms. The summed E-state index contributed by atoms with van der Waals surface area (Å²) in [5.74, 6) is -0.590. The molecule has 0 aliphatic rings. The van der Waals surface area contributed by atoms with Crippen molar-refractivity contribution in [2.24, 2.45) is 0 Å². The topological polar surface area (TPSA) is 61.7 Å². The van der Waals surface area contributed by atoms with E-state index >= 15 is 0 Å². The fourth-order valence-corrected chi connectivity index (χ4v) is 1.37. The van der Waals surface area contributed by atoms with Crippen LogP contribution in [0.25, 0.3) is 0 Å². The smallest absolute Gasteiger partial charge is 0.127 e. The van der Waals surface area contributed by atoms with Gasteiger partial charge >= 0.3 is 0 Å². The molecule has 5 heteroatoms. The summed E-state index contributed by atoms with van der Waals surface area (Å²) in [6, 6.07) is 3.64. The first kappa shape index (κ1) is 12.9. The first-order valence-electron chi connectivity index (χ1n) is 4.97. The summed E-state index contributed by atoms with van der Waals surface area (Å²) < 4.78 is 17.8. The van der Waals surface area contributed by atoms with Crippen molar-refractivity contribution in [3.63, 3.8) is 0 Å². The van der Waals surface area contributed by atoms with Crippen molar-refractivity contribution in [1.82, 2.24) is 5.32 Å². The van der Waals surface area contributed by atoms with Crippen LogP contribution < -0.4 is 5.32 Å². The number of methoxy groups -OCH3 is 1. The van der Waals surface area contributed by atoms with Crippen LogP contribution in [-0.2, 0) is 11.3 Å². The second kappa shape index (κ2) is 6.42. The molecular formula is C11H16FNO3. The lowest BCUT2D eigenvalue weighted by atomic mass is 10.2. The van der Waals surface area contributed by atoms with Crippen LogP contribution in [0.15, 0.2) is 18.2 Å². The summed E-state index contributed by atoms with van der Waals surface area (Å²) in [6.07, 6.45) is 0. The summed E-state index contributed by atoms with van der Waals surface area (Å²) in [5, 5.41) is 21.1. The Balaban J connectivity index is 2.52. The number of halogens is 1. The number of aliphatic hydroxyl groups excluding tert-OH is 1. The Bertz CT molecular complexity index is 313. The summed E-state index contributed by atoms with van der Waals surface area (Å²) in [5.41, 5.74) is 0.618. The molecule has 1 aromatic rings. The molecule has 0 bridgehead atoms. The lowest BCUT2D eigenvalue weighted by Gasteiger charge is -2.15. The first-order chi connectivity index (χ1) is 7.65. The monoisotopic (exact) mass is 229 g/mol. The highest BCUT2D eigenvalue weighted by molar-refractivity contribution is 5.28. The van der Waals surface area contributed by atoms with Gasteiger partial charge in [0.15, 0.2) is 0 Å². The van der Waals surface area contributed by atoms with Crippen molar-refractivity contribution in [3.05, 3.63) is 29.6 Å². The predicted molar refractivity (Wildman–Crippen MR) is 57.7 cm³/mol. The zero-order valence-corrected chi connectivity index (χ0v) is 9.11. The Morgan fingerprint density at radius 2 is 2.19 bits per heavy atom. The van der Waals surface area contributed by atoms with E-state index in [9.17, 15) is 9.50 Å². The molecule has 1 rings (SSSR count). The molecule has 0 amide bonds. The largest absolute Gasteiger partial charge is 0.508 e. The van der Waals surface area contributed by atoms with Crippen LogP contribution in [0.5, 0.6) is 5.75 Å². The van der Waals surface area contributed by atoms with Crippen molar-refractivity contribution in [3.8, 4) is 5.75 Å². The van der Waals surface area contributed by atoms with Crippen LogP contribution in [-0.4, -0.2) is 36.6 Å². The third-order valence-corrected chi connectivity index (χ3v) is 2.13. The normalized spacial score (nSPS) is 12.7. The first-order valence-corrected chi connectivity index (χ1v) is 4.97. The van der Waals surface area contributed by atoms with Crippen molar-refractivity contribution in [2.45, 2.75) is 12.6 Å². The zero-order valence-electron chi connectivity index (χ0n) is 9.11. The van der Waals surface area contributed by atoms with Crippen molar-refractivity contribution in [2.75, 3.05) is 20.3 Å². The van der Waals surface area contributed by atoms with Crippen LogP contribution in [0.3, 0.4) is 0 Å².